The number of amides is 2. The molecular formula is C34H47BrN10O3Si. The molecular weight excluding hydrogens is 704 g/mol. The van der Waals surface area contributed by atoms with Gasteiger partial charge in [-0.15, -0.1) is 0 Å². The molecule has 5 aromatic rings. The lowest BCUT2D eigenvalue weighted by Gasteiger charge is -2.20. The number of carbonyl (C=O) groups excluding carboxylic acids is 2. The average molecular weight is 752 g/mol. The smallest absolute Gasteiger partial charge is 0.255 e. The predicted octanol–water partition coefficient (Wildman–Crippen LogP) is 6.97. The Bertz CT molecular complexity index is 1920. The number of pyridine rings is 1. The van der Waals surface area contributed by atoms with Crippen LogP contribution in [0, 0.1) is 6.92 Å². The molecule has 0 saturated carbocycles. The first-order chi connectivity index (χ1) is 22.8. The molecule has 0 bridgehead atoms. The Balaban J connectivity index is 0.000000221. The number of anilines is 2. The van der Waals surface area contributed by atoms with Crippen LogP contribution in [-0.4, -0.2) is 72.0 Å². The number of nitrogens with one attached hydrogen (secondary N) is 4. The van der Waals surface area contributed by atoms with Gasteiger partial charge in [0.25, 0.3) is 11.8 Å². The van der Waals surface area contributed by atoms with Gasteiger partial charge in [-0.05, 0) is 82.1 Å². The molecule has 49 heavy (non-hydrogen) atoms. The zero-order chi connectivity index (χ0) is 36.1. The van der Waals surface area contributed by atoms with E-state index in [2.05, 4.69) is 81.4 Å². The van der Waals surface area contributed by atoms with Crippen LogP contribution in [0.1, 0.15) is 67.8 Å². The Morgan fingerprint density at radius 2 is 1.55 bits per heavy atom. The zero-order valence-electron chi connectivity index (χ0n) is 29.9. The van der Waals surface area contributed by atoms with Gasteiger partial charge in [0.2, 0.25) is 0 Å². The second-order valence-electron chi connectivity index (χ2n) is 15.1. The topological polar surface area (TPSA) is 165 Å². The first-order valence-electron chi connectivity index (χ1n) is 16.1. The van der Waals surface area contributed by atoms with Gasteiger partial charge < -0.3 is 30.2 Å². The largest absolute Gasteiger partial charge is 0.361 e. The second-order valence-corrected chi connectivity index (χ2v) is 21.6. The molecule has 0 atom stereocenters. The predicted molar refractivity (Wildman–Crippen MR) is 200 cm³/mol. The monoisotopic (exact) mass is 750 g/mol. The van der Waals surface area contributed by atoms with Crippen molar-refractivity contribution in [1.82, 2.24) is 45.1 Å². The standard InChI is InChI=1S/C17H27BrN4O2Si.C17H20N6O/c1-17(2,3)21-16(23)12-10-22(11-24-7-8-25(4,5)6)15-14(12)20-13(18)9-19-15;1-10-5-6-12(18-7-10)21-13-9-20-15-14(22-13)11(8-19-15)16(24)23-17(2,3)4/h9-10H,7-8,11H2,1-6H3,(H,21,23);5-9H,1-4H3,(H,19,20)(H,23,24)(H,18,21,22). The minimum Gasteiger partial charge on any atom is -0.361 e. The number of fused-ring (bicyclic) bond motifs is 2. The van der Waals surface area contributed by atoms with Crippen molar-refractivity contribution in [3.8, 4) is 0 Å². The van der Waals surface area contributed by atoms with Gasteiger partial charge >= 0.3 is 0 Å². The van der Waals surface area contributed by atoms with Crippen LogP contribution in [0.3, 0.4) is 0 Å². The van der Waals surface area contributed by atoms with E-state index >= 15 is 0 Å². The molecule has 0 aliphatic heterocycles. The third-order valence-electron chi connectivity index (χ3n) is 6.78. The summed E-state index contributed by atoms with van der Waals surface area (Å²) in [6.07, 6.45) is 8.40. The van der Waals surface area contributed by atoms with Crippen LogP contribution >= 0.6 is 15.9 Å². The maximum absolute atomic E-state index is 12.6. The lowest BCUT2D eigenvalue weighted by molar-refractivity contribution is 0.0884. The number of aromatic amines is 1. The molecule has 5 rings (SSSR count). The Hall–Kier alpha value is -4.21. The van der Waals surface area contributed by atoms with E-state index in [-0.39, 0.29) is 22.9 Å². The maximum Gasteiger partial charge on any atom is 0.255 e. The van der Waals surface area contributed by atoms with Gasteiger partial charge in [0.05, 0.1) is 23.5 Å². The van der Waals surface area contributed by atoms with Gasteiger partial charge in [0, 0.05) is 44.3 Å². The van der Waals surface area contributed by atoms with Gasteiger partial charge in [-0.2, -0.15) is 0 Å². The van der Waals surface area contributed by atoms with Crippen molar-refractivity contribution in [2.24, 2.45) is 0 Å². The van der Waals surface area contributed by atoms with Crippen molar-refractivity contribution in [3.63, 3.8) is 0 Å². The molecule has 4 N–H and O–H groups in total. The minimum atomic E-state index is -1.13. The quantitative estimate of drug-likeness (QED) is 0.0920. The molecule has 5 heterocycles. The lowest BCUT2D eigenvalue weighted by atomic mass is 10.1. The van der Waals surface area contributed by atoms with Crippen LogP contribution in [0.2, 0.25) is 25.7 Å². The highest BCUT2D eigenvalue weighted by molar-refractivity contribution is 9.10. The molecule has 0 aliphatic rings. The van der Waals surface area contributed by atoms with Gasteiger partial charge in [-0.3, -0.25) is 9.59 Å². The highest BCUT2D eigenvalue weighted by Gasteiger charge is 2.23. The van der Waals surface area contributed by atoms with Crippen LogP contribution in [0.4, 0.5) is 11.6 Å². The van der Waals surface area contributed by atoms with Crippen molar-refractivity contribution in [1.29, 1.82) is 0 Å². The summed E-state index contributed by atoms with van der Waals surface area (Å²) < 4.78 is 8.26. The van der Waals surface area contributed by atoms with Crippen LogP contribution in [-0.2, 0) is 11.5 Å². The number of hydrogen-bond acceptors (Lipinski definition) is 9. The number of rotatable bonds is 9. The summed E-state index contributed by atoms with van der Waals surface area (Å²) in [4.78, 5) is 49.9. The summed E-state index contributed by atoms with van der Waals surface area (Å²) in [7, 11) is -1.13. The molecule has 0 saturated heterocycles. The summed E-state index contributed by atoms with van der Waals surface area (Å²) >= 11 is 3.33. The fourth-order valence-corrected chi connectivity index (χ4v) is 5.49. The van der Waals surface area contributed by atoms with E-state index in [0.29, 0.717) is 63.0 Å². The Kier molecular flexibility index (Phi) is 11.6. The van der Waals surface area contributed by atoms with Crippen LogP contribution in [0.5, 0.6) is 0 Å². The molecule has 2 amide bonds. The van der Waals surface area contributed by atoms with Crippen molar-refractivity contribution in [3.05, 3.63) is 64.4 Å². The van der Waals surface area contributed by atoms with Crippen LogP contribution in [0.15, 0.2) is 47.7 Å². The molecule has 0 radical (unpaired) electrons. The van der Waals surface area contributed by atoms with Crippen LogP contribution in [0.25, 0.3) is 22.3 Å². The maximum atomic E-state index is 12.6. The fraction of sp³-hybridized carbons (Fsp3) is 0.441. The van der Waals surface area contributed by atoms with Gasteiger partial charge in [0.1, 0.15) is 28.2 Å². The van der Waals surface area contributed by atoms with E-state index in [1.165, 1.54) is 0 Å². The second kappa shape index (κ2) is 15.1. The van der Waals surface area contributed by atoms with Gasteiger partial charge in [-0.1, -0.05) is 25.7 Å². The normalized spacial score (nSPS) is 12.1. The summed E-state index contributed by atoms with van der Waals surface area (Å²) in [6, 6.07) is 4.92. The zero-order valence-corrected chi connectivity index (χ0v) is 32.5. The third kappa shape index (κ3) is 11.2. The van der Waals surface area contributed by atoms with Gasteiger partial charge in [-0.25, -0.2) is 24.9 Å². The number of halogens is 1. The van der Waals surface area contributed by atoms with E-state index in [9.17, 15) is 9.59 Å². The third-order valence-corrected chi connectivity index (χ3v) is 8.86. The number of aromatic nitrogens is 7. The SMILES string of the molecule is CC(C)(C)NC(=O)c1cn(COCC[Si](C)(C)C)c2ncc(Br)nc12.Cc1ccc(Nc2cnc3[nH]cc(C(=O)NC(C)(C)C)c3n2)nc1. The van der Waals surface area contributed by atoms with Crippen LogP contribution < -0.4 is 16.0 Å². The molecule has 0 spiro atoms. The molecule has 0 fully saturated rings. The van der Waals surface area contributed by atoms with E-state index in [4.69, 9.17) is 4.74 Å². The number of H-pyrrole nitrogens is 1. The van der Waals surface area contributed by atoms with Crippen molar-refractivity contribution < 1.29 is 14.3 Å². The minimum absolute atomic E-state index is 0.161. The molecule has 13 nitrogen and oxygen atoms in total. The Morgan fingerprint density at radius 3 is 2.16 bits per heavy atom. The summed E-state index contributed by atoms with van der Waals surface area (Å²) in [6.45, 7) is 21.6. The van der Waals surface area contributed by atoms with E-state index in [1.54, 1.807) is 31.0 Å². The highest BCUT2D eigenvalue weighted by Crippen LogP contribution is 2.22. The van der Waals surface area contributed by atoms with Crippen molar-refractivity contribution in [2.45, 2.75) is 92.0 Å². The summed E-state index contributed by atoms with van der Waals surface area (Å²) in [5.74, 6) is 0.855. The number of ether oxygens (including phenoxy) is 1. The van der Waals surface area contributed by atoms with E-state index < -0.39 is 8.07 Å². The molecule has 0 aliphatic carbocycles. The summed E-state index contributed by atoms with van der Waals surface area (Å²) in [5, 5.41) is 9.00. The molecule has 5 aromatic heterocycles. The Morgan fingerprint density at radius 1 is 0.878 bits per heavy atom. The molecule has 262 valence electrons. The van der Waals surface area contributed by atoms with Crippen molar-refractivity contribution in [2.75, 3.05) is 11.9 Å². The lowest BCUT2D eigenvalue weighted by Crippen LogP contribution is -2.40. The number of hydrogen-bond donors (Lipinski definition) is 4. The fourth-order valence-electron chi connectivity index (χ4n) is 4.45. The average Bonchev–Trinajstić information content (AvgIpc) is 3.56. The number of aryl methyl sites for hydroxylation is 1. The number of carbonyl (C=O) groups is 2. The first-order valence-corrected chi connectivity index (χ1v) is 20.6. The Labute approximate surface area is 296 Å². The van der Waals surface area contributed by atoms with E-state index in [1.807, 2.05) is 65.2 Å². The first kappa shape index (κ1) is 37.6. The van der Waals surface area contributed by atoms with Crippen molar-refractivity contribution >= 4 is 69.8 Å². The number of nitrogens with zero attached hydrogens (tertiary/aromatic N) is 6. The molecule has 0 aromatic carbocycles. The van der Waals surface area contributed by atoms with E-state index in [0.717, 1.165) is 11.6 Å². The van der Waals surface area contributed by atoms with Gasteiger partial charge in [0.15, 0.2) is 17.1 Å². The molecule has 0 unspecified atom stereocenters. The highest BCUT2D eigenvalue weighted by atomic mass is 79.9. The summed E-state index contributed by atoms with van der Waals surface area (Å²) in [5.41, 5.74) is 3.72. The molecule has 15 heteroatoms.